The second-order valence-corrected chi connectivity index (χ2v) is 4.37. The molecule has 94 valence electrons. The van der Waals surface area contributed by atoms with Crippen molar-refractivity contribution in [3.8, 4) is 0 Å². The van der Waals surface area contributed by atoms with E-state index in [1.807, 2.05) is 17.0 Å². The zero-order valence-corrected chi connectivity index (χ0v) is 10.2. The van der Waals surface area contributed by atoms with Gasteiger partial charge in [0.2, 0.25) is 5.91 Å². The number of amides is 1. The molecular weight excluding hydrogens is 218 g/mol. The van der Waals surface area contributed by atoms with Gasteiger partial charge in [-0.15, -0.1) is 0 Å². The van der Waals surface area contributed by atoms with E-state index in [4.69, 9.17) is 4.42 Å². The first-order chi connectivity index (χ1) is 8.25. The van der Waals surface area contributed by atoms with Crippen LogP contribution in [0.25, 0.3) is 0 Å². The maximum absolute atomic E-state index is 11.8. The summed E-state index contributed by atoms with van der Waals surface area (Å²) in [7, 11) is 2.08. The molecule has 0 unspecified atom stereocenters. The van der Waals surface area contributed by atoms with E-state index >= 15 is 0 Å². The van der Waals surface area contributed by atoms with Gasteiger partial charge in [-0.3, -0.25) is 4.79 Å². The van der Waals surface area contributed by atoms with E-state index in [1.165, 1.54) is 0 Å². The Morgan fingerprint density at radius 3 is 2.82 bits per heavy atom. The van der Waals surface area contributed by atoms with Crippen LogP contribution in [0.1, 0.15) is 5.76 Å². The molecule has 1 aliphatic heterocycles. The van der Waals surface area contributed by atoms with Gasteiger partial charge < -0.3 is 19.5 Å². The number of carbonyl (C=O) groups is 1. The summed E-state index contributed by atoms with van der Waals surface area (Å²) >= 11 is 0. The van der Waals surface area contributed by atoms with Gasteiger partial charge in [0.25, 0.3) is 0 Å². The summed E-state index contributed by atoms with van der Waals surface area (Å²) in [4.78, 5) is 16.0. The minimum atomic E-state index is 0.171. The molecule has 5 heteroatoms. The maximum atomic E-state index is 11.8. The molecule has 1 amide bonds. The zero-order valence-electron chi connectivity index (χ0n) is 10.2. The van der Waals surface area contributed by atoms with Crippen LogP contribution in [0.2, 0.25) is 0 Å². The molecule has 0 saturated carbocycles. The lowest BCUT2D eigenvalue weighted by Gasteiger charge is -2.32. The molecule has 2 heterocycles. The maximum Gasteiger partial charge on any atom is 0.236 e. The van der Waals surface area contributed by atoms with Gasteiger partial charge in [0.05, 0.1) is 19.4 Å². The van der Waals surface area contributed by atoms with Crippen LogP contribution in [-0.2, 0) is 11.3 Å². The Labute approximate surface area is 101 Å². The van der Waals surface area contributed by atoms with Gasteiger partial charge in [-0.1, -0.05) is 0 Å². The average molecular weight is 237 g/mol. The summed E-state index contributed by atoms with van der Waals surface area (Å²) in [6, 6.07) is 3.74. The van der Waals surface area contributed by atoms with Crippen molar-refractivity contribution in [1.29, 1.82) is 0 Å². The number of nitrogens with zero attached hydrogens (tertiary/aromatic N) is 2. The Morgan fingerprint density at radius 2 is 2.18 bits per heavy atom. The lowest BCUT2D eigenvalue weighted by atomic mass is 10.3. The van der Waals surface area contributed by atoms with Gasteiger partial charge in [-0.05, 0) is 19.2 Å². The molecule has 1 fully saturated rings. The van der Waals surface area contributed by atoms with Crippen LogP contribution in [-0.4, -0.2) is 55.5 Å². The van der Waals surface area contributed by atoms with Crippen LogP contribution < -0.4 is 5.32 Å². The second kappa shape index (κ2) is 5.84. The van der Waals surface area contributed by atoms with Gasteiger partial charge in [0.1, 0.15) is 5.76 Å². The molecule has 5 nitrogen and oxygen atoms in total. The fourth-order valence-corrected chi connectivity index (χ4v) is 1.87. The molecule has 0 bridgehead atoms. The lowest BCUT2D eigenvalue weighted by Crippen LogP contribution is -2.49. The number of nitrogens with one attached hydrogen (secondary N) is 1. The molecule has 0 spiro atoms. The molecule has 1 aliphatic rings. The van der Waals surface area contributed by atoms with Crippen molar-refractivity contribution in [2.75, 3.05) is 39.8 Å². The summed E-state index contributed by atoms with van der Waals surface area (Å²) in [5, 5.41) is 3.10. The Morgan fingerprint density at radius 1 is 1.41 bits per heavy atom. The van der Waals surface area contributed by atoms with Crippen molar-refractivity contribution >= 4 is 5.91 Å². The van der Waals surface area contributed by atoms with Crippen LogP contribution in [0.3, 0.4) is 0 Å². The van der Waals surface area contributed by atoms with E-state index in [0.717, 1.165) is 31.9 Å². The molecule has 2 rings (SSSR count). The summed E-state index contributed by atoms with van der Waals surface area (Å²) in [5.41, 5.74) is 0. The minimum absolute atomic E-state index is 0.171. The Hall–Kier alpha value is -1.33. The van der Waals surface area contributed by atoms with Crippen molar-refractivity contribution in [2.24, 2.45) is 0 Å². The SMILES string of the molecule is CN1CCN(C(=O)CNCc2ccco2)CC1. The smallest absolute Gasteiger partial charge is 0.236 e. The molecule has 0 aliphatic carbocycles. The van der Waals surface area contributed by atoms with Gasteiger partial charge in [0.15, 0.2) is 0 Å². The van der Waals surface area contributed by atoms with E-state index in [-0.39, 0.29) is 5.91 Å². The summed E-state index contributed by atoms with van der Waals surface area (Å²) in [5.74, 6) is 1.03. The standard InChI is InChI=1S/C12H19N3O2/c1-14-4-6-15(7-5-14)12(16)10-13-9-11-3-2-8-17-11/h2-3,8,13H,4-7,9-10H2,1H3. The first-order valence-corrected chi connectivity index (χ1v) is 5.95. The lowest BCUT2D eigenvalue weighted by molar-refractivity contribution is -0.131. The van der Waals surface area contributed by atoms with Crippen molar-refractivity contribution in [3.63, 3.8) is 0 Å². The molecule has 0 radical (unpaired) electrons. The van der Waals surface area contributed by atoms with Crippen LogP contribution >= 0.6 is 0 Å². The number of hydrogen-bond acceptors (Lipinski definition) is 4. The molecule has 1 saturated heterocycles. The molecule has 17 heavy (non-hydrogen) atoms. The first kappa shape index (κ1) is 12.1. The highest BCUT2D eigenvalue weighted by Gasteiger charge is 2.18. The molecule has 0 atom stereocenters. The van der Waals surface area contributed by atoms with Crippen molar-refractivity contribution in [2.45, 2.75) is 6.54 Å². The minimum Gasteiger partial charge on any atom is -0.468 e. The highest BCUT2D eigenvalue weighted by atomic mass is 16.3. The topological polar surface area (TPSA) is 48.7 Å². The number of furan rings is 1. The average Bonchev–Trinajstić information content (AvgIpc) is 2.83. The molecule has 0 aromatic carbocycles. The van der Waals surface area contributed by atoms with E-state index in [9.17, 15) is 4.79 Å². The van der Waals surface area contributed by atoms with Crippen molar-refractivity contribution in [3.05, 3.63) is 24.2 Å². The highest BCUT2D eigenvalue weighted by Crippen LogP contribution is 2.00. The normalized spacial score (nSPS) is 17.4. The quantitative estimate of drug-likeness (QED) is 0.809. The number of piperazine rings is 1. The fourth-order valence-electron chi connectivity index (χ4n) is 1.87. The Bertz CT molecular complexity index is 343. The van der Waals surface area contributed by atoms with Crippen LogP contribution in [0.5, 0.6) is 0 Å². The van der Waals surface area contributed by atoms with Crippen molar-refractivity contribution < 1.29 is 9.21 Å². The van der Waals surface area contributed by atoms with Gasteiger partial charge in [0, 0.05) is 26.2 Å². The van der Waals surface area contributed by atoms with Gasteiger partial charge in [-0.2, -0.15) is 0 Å². The molecule has 1 aromatic heterocycles. The fraction of sp³-hybridized carbons (Fsp3) is 0.583. The Balaban J connectivity index is 1.67. The molecule has 1 N–H and O–H groups in total. The summed E-state index contributed by atoms with van der Waals surface area (Å²) in [6.45, 7) is 4.57. The number of rotatable bonds is 4. The van der Waals surface area contributed by atoms with Gasteiger partial charge >= 0.3 is 0 Å². The van der Waals surface area contributed by atoms with E-state index in [2.05, 4.69) is 17.3 Å². The van der Waals surface area contributed by atoms with E-state index in [1.54, 1.807) is 6.26 Å². The summed E-state index contributed by atoms with van der Waals surface area (Å²) < 4.78 is 5.18. The third-order valence-electron chi connectivity index (χ3n) is 3.01. The van der Waals surface area contributed by atoms with Gasteiger partial charge in [-0.25, -0.2) is 0 Å². The van der Waals surface area contributed by atoms with E-state index in [0.29, 0.717) is 13.1 Å². The molecule has 1 aromatic rings. The van der Waals surface area contributed by atoms with Crippen LogP contribution in [0.4, 0.5) is 0 Å². The van der Waals surface area contributed by atoms with Crippen LogP contribution in [0, 0.1) is 0 Å². The number of likely N-dealkylation sites (N-methyl/N-ethyl adjacent to an activating group) is 1. The molecular formula is C12H19N3O2. The monoisotopic (exact) mass is 237 g/mol. The predicted molar refractivity (Wildman–Crippen MR) is 64.5 cm³/mol. The number of carbonyl (C=O) groups excluding carboxylic acids is 1. The summed E-state index contributed by atoms with van der Waals surface area (Å²) in [6.07, 6.45) is 1.64. The Kier molecular flexibility index (Phi) is 4.17. The highest BCUT2D eigenvalue weighted by molar-refractivity contribution is 5.78. The van der Waals surface area contributed by atoms with E-state index < -0.39 is 0 Å². The van der Waals surface area contributed by atoms with Crippen LogP contribution in [0.15, 0.2) is 22.8 Å². The number of hydrogen-bond donors (Lipinski definition) is 1. The first-order valence-electron chi connectivity index (χ1n) is 5.95. The predicted octanol–water partition coefficient (Wildman–Crippen LogP) is 0.143. The third kappa shape index (κ3) is 3.57. The zero-order chi connectivity index (χ0) is 12.1. The third-order valence-corrected chi connectivity index (χ3v) is 3.01. The second-order valence-electron chi connectivity index (χ2n) is 4.37. The largest absolute Gasteiger partial charge is 0.468 e. The van der Waals surface area contributed by atoms with Crippen molar-refractivity contribution in [1.82, 2.24) is 15.1 Å².